The molecule has 0 amide bonds. The Morgan fingerprint density at radius 1 is 1.24 bits per heavy atom. The minimum Gasteiger partial charge on any atom is -0.497 e. The fraction of sp³-hybridized carbons (Fsp3) is 0.500. The number of hydrogen-bond donors (Lipinski definition) is 1. The third-order valence-corrected chi connectivity index (χ3v) is 5.24. The van der Waals surface area contributed by atoms with Gasteiger partial charge < -0.3 is 19.2 Å². The van der Waals surface area contributed by atoms with Gasteiger partial charge in [0.2, 0.25) is 0 Å². The molecule has 0 unspecified atom stereocenters. The number of methoxy groups -OCH3 is 1. The Bertz CT molecular complexity index is 712. The Morgan fingerprint density at radius 2 is 2.08 bits per heavy atom. The van der Waals surface area contributed by atoms with Gasteiger partial charge in [0.1, 0.15) is 17.3 Å². The van der Waals surface area contributed by atoms with Crippen molar-refractivity contribution in [3.8, 4) is 5.75 Å². The highest BCUT2D eigenvalue weighted by atomic mass is 16.5. The van der Waals surface area contributed by atoms with Gasteiger partial charge in [0.05, 0.1) is 31.9 Å². The van der Waals surface area contributed by atoms with Crippen molar-refractivity contribution in [2.45, 2.75) is 38.0 Å². The van der Waals surface area contributed by atoms with E-state index in [2.05, 4.69) is 28.4 Å². The largest absolute Gasteiger partial charge is 0.497 e. The molecule has 2 fully saturated rings. The summed E-state index contributed by atoms with van der Waals surface area (Å²) in [6.45, 7) is 5.67. The molecule has 0 saturated carbocycles. The first kappa shape index (κ1) is 16.5. The van der Waals surface area contributed by atoms with Gasteiger partial charge in [-0.05, 0) is 49.7 Å². The molecule has 1 aromatic carbocycles. The molecule has 5 nitrogen and oxygen atoms in total. The van der Waals surface area contributed by atoms with Gasteiger partial charge in [0.25, 0.3) is 0 Å². The van der Waals surface area contributed by atoms with Crippen LogP contribution in [0.2, 0.25) is 0 Å². The molecule has 25 heavy (non-hydrogen) atoms. The number of likely N-dealkylation sites (tertiary alicyclic amines) is 1. The average Bonchev–Trinajstić information content (AvgIpc) is 3.31. The zero-order valence-electron chi connectivity index (χ0n) is 15.0. The summed E-state index contributed by atoms with van der Waals surface area (Å²) >= 11 is 0. The van der Waals surface area contributed by atoms with E-state index >= 15 is 0 Å². The number of furan rings is 1. The van der Waals surface area contributed by atoms with Gasteiger partial charge in [0, 0.05) is 25.2 Å². The summed E-state index contributed by atoms with van der Waals surface area (Å²) < 4.78 is 17.2. The highest BCUT2D eigenvalue weighted by Crippen LogP contribution is 2.36. The molecular formula is C20H26N2O3. The van der Waals surface area contributed by atoms with E-state index in [1.54, 1.807) is 7.11 Å². The molecule has 5 heteroatoms. The fourth-order valence-corrected chi connectivity index (χ4v) is 4.00. The molecule has 1 N–H and O–H groups in total. The summed E-state index contributed by atoms with van der Waals surface area (Å²) in [6.07, 6.45) is 2.14. The van der Waals surface area contributed by atoms with Gasteiger partial charge in [-0.15, -0.1) is 0 Å². The molecule has 2 aliphatic heterocycles. The third-order valence-electron chi connectivity index (χ3n) is 5.24. The summed E-state index contributed by atoms with van der Waals surface area (Å²) in [5.74, 6) is 2.90. The van der Waals surface area contributed by atoms with E-state index in [1.165, 1.54) is 0 Å². The lowest BCUT2D eigenvalue weighted by molar-refractivity contribution is 0.0115. The highest BCUT2D eigenvalue weighted by Gasteiger charge is 2.45. The van der Waals surface area contributed by atoms with E-state index in [4.69, 9.17) is 13.9 Å². The zero-order valence-corrected chi connectivity index (χ0v) is 15.0. The van der Waals surface area contributed by atoms with E-state index in [0.29, 0.717) is 6.04 Å². The molecule has 1 spiro atoms. The van der Waals surface area contributed by atoms with Crippen LogP contribution in [0.5, 0.6) is 5.75 Å². The minimum atomic E-state index is -0.00816. The standard InChI is InChI=1S/C20H26N2O3/c1-15-3-6-19(25-15)12-22-10-9-20(14-22)11-17(13-24-20)21-16-4-7-18(23-2)8-5-16/h3-8,17,21H,9-14H2,1-2H3/t17-,20+/m1/s1. The van der Waals surface area contributed by atoms with Crippen LogP contribution in [0, 0.1) is 6.92 Å². The molecule has 0 radical (unpaired) electrons. The number of rotatable bonds is 5. The Labute approximate surface area is 148 Å². The predicted octanol–water partition coefficient (Wildman–Crippen LogP) is 3.44. The van der Waals surface area contributed by atoms with Crippen LogP contribution in [-0.4, -0.2) is 43.3 Å². The zero-order chi connectivity index (χ0) is 17.3. The van der Waals surface area contributed by atoms with E-state index in [1.807, 2.05) is 25.1 Å². The topological polar surface area (TPSA) is 46.9 Å². The van der Waals surface area contributed by atoms with Crippen molar-refractivity contribution in [2.75, 3.05) is 32.1 Å². The van der Waals surface area contributed by atoms with Crippen molar-refractivity contribution in [1.29, 1.82) is 0 Å². The number of hydrogen-bond acceptors (Lipinski definition) is 5. The second kappa shape index (κ2) is 6.73. The van der Waals surface area contributed by atoms with Gasteiger partial charge >= 0.3 is 0 Å². The Kier molecular flexibility index (Phi) is 4.44. The molecule has 0 bridgehead atoms. The normalized spacial score (nSPS) is 26.4. The van der Waals surface area contributed by atoms with E-state index < -0.39 is 0 Å². The summed E-state index contributed by atoms with van der Waals surface area (Å²) in [7, 11) is 1.69. The SMILES string of the molecule is COc1ccc(N[C@H]2CO[C@@]3(CCN(Cc4ccc(C)o4)C3)C2)cc1. The number of nitrogens with zero attached hydrogens (tertiary/aromatic N) is 1. The van der Waals surface area contributed by atoms with E-state index in [9.17, 15) is 0 Å². The molecule has 2 aromatic rings. The van der Waals surface area contributed by atoms with Gasteiger partial charge in [-0.3, -0.25) is 4.90 Å². The number of nitrogens with one attached hydrogen (secondary N) is 1. The quantitative estimate of drug-likeness (QED) is 0.902. The molecule has 1 aromatic heterocycles. The monoisotopic (exact) mass is 342 g/mol. The highest BCUT2D eigenvalue weighted by molar-refractivity contribution is 5.47. The van der Waals surface area contributed by atoms with Crippen molar-refractivity contribution in [3.05, 3.63) is 47.9 Å². The lowest BCUT2D eigenvalue weighted by atomic mass is 9.97. The number of anilines is 1. The van der Waals surface area contributed by atoms with Crippen LogP contribution in [0.1, 0.15) is 24.4 Å². The molecular weight excluding hydrogens is 316 g/mol. The maximum Gasteiger partial charge on any atom is 0.119 e. The summed E-state index contributed by atoms with van der Waals surface area (Å²) in [4.78, 5) is 2.44. The van der Waals surface area contributed by atoms with Crippen LogP contribution in [0.4, 0.5) is 5.69 Å². The van der Waals surface area contributed by atoms with Crippen molar-refractivity contribution in [1.82, 2.24) is 4.90 Å². The molecule has 0 aliphatic carbocycles. The van der Waals surface area contributed by atoms with Crippen LogP contribution in [-0.2, 0) is 11.3 Å². The molecule has 2 aliphatic rings. The Balaban J connectivity index is 1.32. The number of ether oxygens (including phenoxy) is 2. The number of benzene rings is 1. The second-order valence-corrected chi connectivity index (χ2v) is 7.24. The molecule has 134 valence electrons. The van der Waals surface area contributed by atoms with Crippen LogP contribution < -0.4 is 10.1 Å². The molecule has 2 atom stereocenters. The Morgan fingerprint density at radius 3 is 2.80 bits per heavy atom. The maximum atomic E-state index is 6.24. The van der Waals surface area contributed by atoms with Gasteiger partial charge in [-0.2, -0.15) is 0 Å². The first-order valence-electron chi connectivity index (χ1n) is 8.96. The van der Waals surface area contributed by atoms with Gasteiger partial charge in [-0.25, -0.2) is 0 Å². The molecule has 4 rings (SSSR count). The fourth-order valence-electron chi connectivity index (χ4n) is 4.00. The van der Waals surface area contributed by atoms with Gasteiger partial charge in [0.15, 0.2) is 0 Å². The first-order valence-corrected chi connectivity index (χ1v) is 8.96. The molecule has 3 heterocycles. The van der Waals surface area contributed by atoms with Crippen LogP contribution >= 0.6 is 0 Å². The summed E-state index contributed by atoms with van der Waals surface area (Å²) in [5.41, 5.74) is 1.11. The van der Waals surface area contributed by atoms with Crippen LogP contribution in [0.25, 0.3) is 0 Å². The van der Waals surface area contributed by atoms with Crippen LogP contribution in [0.15, 0.2) is 40.8 Å². The number of aryl methyl sites for hydroxylation is 1. The third kappa shape index (κ3) is 3.67. The van der Waals surface area contributed by atoms with Crippen LogP contribution in [0.3, 0.4) is 0 Å². The lowest BCUT2D eigenvalue weighted by Gasteiger charge is -2.23. The predicted molar refractivity (Wildman–Crippen MR) is 97.0 cm³/mol. The van der Waals surface area contributed by atoms with E-state index in [-0.39, 0.29) is 5.60 Å². The first-order chi connectivity index (χ1) is 12.1. The van der Waals surface area contributed by atoms with Crippen molar-refractivity contribution in [3.63, 3.8) is 0 Å². The van der Waals surface area contributed by atoms with Crippen molar-refractivity contribution < 1.29 is 13.9 Å². The van der Waals surface area contributed by atoms with Crippen molar-refractivity contribution >= 4 is 5.69 Å². The second-order valence-electron chi connectivity index (χ2n) is 7.24. The lowest BCUT2D eigenvalue weighted by Crippen LogP contribution is -2.33. The summed E-state index contributed by atoms with van der Waals surface area (Å²) in [5, 5.41) is 3.59. The molecule has 2 saturated heterocycles. The van der Waals surface area contributed by atoms with Gasteiger partial charge in [-0.1, -0.05) is 0 Å². The van der Waals surface area contributed by atoms with E-state index in [0.717, 1.165) is 62.0 Å². The average molecular weight is 342 g/mol. The minimum absolute atomic E-state index is 0.00816. The maximum absolute atomic E-state index is 6.24. The smallest absolute Gasteiger partial charge is 0.119 e. The van der Waals surface area contributed by atoms with Crippen molar-refractivity contribution in [2.24, 2.45) is 0 Å². The Hall–Kier alpha value is -1.98. The summed E-state index contributed by atoms with van der Waals surface area (Å²) in [6, 6.07) is 12.5.